The Kier molecular flexibility index (Phi) is 3.23. The summed E-state index contributed by atoms with van der Waals surface area (Å²) in [5.74, 6) is 0.435. The first-order valence-corrected chi connectivity index (χ1v) is 5.87. The van der Waals surface area contributed by atoms with Crippen LogP contribution in [-0.2, 0) is 6.18 Å². The zero-order valence-corrected chi connectivity index (χ0v) is 10.1. The fourth-order valence-electron chi connectivity index (χ4n) is 2.03. The molecular weight excluding hydrogens is 243 g/mol. The SMILES string of the molecule is CC(CN)(Nc1ccnc(C(F)(F)F)c1)C1CC1. The van der Waals surface area contributed by atoms with E-state index in [9.17, 15) is 13.2 Å². The first-order valence-electron chi connectivity index (χ1n) is 5.87. The monoisotopic (exact) mass is 259 g/mol. The highest BCUT2D eigenvalue weighted by Gasteiger charge is 2.41. The molecule has 6 heteroatoms. The number of hydrogen-bond acceptors (Lipinski definition) is 3. The fraction of sp³-hybridized carbons (Fsp3) is 0.583. The Bertz CT molecular complexity index is 429. The van der Waals surface area contributed by atoms with E-state index in [0.717, 1.165) is 25.1 Å². The molecule has 3 N–H and O–H groups in total. The Balaban J connectivity index is 2.19. The minimum atomic E-state index is -4.42. The van der Waals surface area contributed by atoms with Crippen LogP contribution >= 0.6 is 0 Å². The van der Waals surface area contributed by atoms with E-state index in [2.05, 4.69) is 10.3 Å². The van der Waals surface area contributed by atoms with Gasteiger partial charge in [0.25, 0.3) is 0 Å². The normalized spacial score (nSPS) is 19.4. The van der Waals surface area contributed by atoms with Crippen LogP contribution in [0.3, 0.4) is 0 Å². The van der Waals surface area contributed by atoms with Crippen LogP contribution in [0.1, 0.15) is 25.5 Å². The molecule has 18 heavy (non-hydrogen) atoms. The quantitative estimate of drug-likeness (QED) is 0.874. The van der Waals surface area contributed by atoms with Crippen LogP contribution in [0.25, 0.3) is 0 Å². The minimum Gasteiger partial charge on any atom is -0.378 e. The van der Waals surface area contributed by atoms with Gasteiger partial charge >= 0.3 is 6.18 Å². The van der Waals surface area contributed by atoms with Gasteiger partial charge in [0, 0.05) is 24.0 Å². The Morgan fingerprint density at radius 3 is 2.61 bits per heavy atom. The van der Waals surface area contributed by atoms with Gasteiger partial charge in [0.1, 0.15) is 5.69 Å². The highest BCUT2D eigenvalue weighted by Crippen LogP contribution is 2.41. The van der Waals surface area contributed by atoms with Crippen molar-refractivity contribution in [2.45, 2.75) is 31.5 Å². The van der Waals surface area contributed by atoms with E-state index < -0.39 is 11.9 Å². The van der Waals surface area contributed by atoms with E-state index in [-0.39, 0.29) is 5.54 Å². The third-order valence-electron chi connectivity index (χ3n) is 3.38. The summed E-state index contributed by atoms with van der Waals surface area (Å²) in [4.78, 5) is 3.33. The summed E-state index contributed by atoms with van der Waals surface area (Å²) in [6.45, 7) is 2.33. The van der Waals surface area contributed by atoms with Gasteiger partial charge in [-0.2, -0.15) is 13.2 Å². The average Bonchev–Trinajstić information content (AvgIpc) is 3.12. The van der Waals surface area contributed by atoms with Gasteiger partial charge in [0.2, 0.25) is 0 Å². The van der Waals surface area contributed by atoms with Crippen molar-refractivity contribution in [3.8, 4) is 0 Å². The number of anilines is 1. The second-order valence-corrected chi connectivity index (χ2v) is 4.95. The molecule has 0 radical (unpaired) electrons. The number of hydrogen-bond donors (Lipinski definition) is 2. The molecule has 0 bridgehead atoms. The maximum atomic E-state index is 12.5. The molecule has 1 aliphatic rings. The van der Waals surface area contributed by atoms with Gasteiger partial charge in [-0.3, -0.25) is 4.98 Å². The zero-order valence-electron chi connectivity index (χ0n) is 10.1. The summed E-state index contributed by atoms with van der Waals surface area (Å²) in [5, 5.41) is 3.11. The first-order chi connectivity index (χ1) is 8.35. The molecule has 1 aliphatic carbocycles. The van der Waals surface area contributed by atoms with Crippen LogP contribution in [0.2, 0.25) is 0 Å². The van der Waals surface area contributed by atoms with Crippen molar-refractivity contribution in [3.63, 3.8) is 0 Å². The second kappa shape index (κ2) is 4.42. The molecule has 1 fully saturated rings. The maximum Gasteiger partial charge on any atom is 0.433 e. The molecule has 1 unspecified atom stereocenters. The number of alkyl halides is 3. The van der Waals surface area contributed by atoms with Crippen LogP contribution in [0.15, 0.2) is 18.3 Å². The Labute approximate surface area is 104 Å². The van der Waals surface area contributed by atoms with Crippen molar-refractivity contribution in [1.82, 2.24) is 4.98 Å². The number of nitrogens with one attached hydrogen (secondary N) is 1. The highest BCUT2D eigenvalue weighted by atomic mass is 19.4. The topological polar surface area (TPSA) is 50.9 Å². The van der Waals surface area contributed by atoms with E-state index in [1.54, 1.807) is 0 Å². The summed E-state index contributed by atoms with van der Waals surface area (Å²) in [5.41, 5.74) is 4.90. The molecule has 1 aromatic rings. The maximum absolute atomic E-state index is 12.5. The molecule has 100 valence electrons. The lowest BCUT2D eigenvalue weighted by molar-refractivity contribution is -0.141. The number of pyridine rings is 1. The highest BCUT2D eigenvalue weighted by molar-refractivity contribution is 5.47. The van der Waals surface area contributed by atoms with Crippen molar-refractivity contribution >= 4 is 5.69 Å². The molecule has 2 rings (SSSR count). The summed E-state index contributed by atoms with van der Waals surface area (Å²) < 4.78 is 37.6. The van der Waals surface area contributed by atoms with E-state index in [0.29, 0.717) is 18.2 Å². The molecule has 1 heterocycles. The van der Waals surface area contributed by atoms with Crippen LogP contribution in [-0.4, -0.2) is 17.1 Å². The third kappa shape index (κ3) is 2.75. The van der Waals surface area contributed by atoms with Crippen molar-refractivity contribution in [2.24, 2.45) is 11.7 Å². The second-order valence-electron chi connectivity index (χ2n) is 4.95. The molecule has 0 aliphatic heterocycles. The van der Waals surface area contributed by atoms with E-state index in [1.807, 2.05) is 6.92 Å². The number of rotatable bonds is 4. The zero-order chi connectivity index (χ0) is 13.4. The molecule has 1 saturated carbocycles. The molecular formula is C12H16F3N3. The number of nitrogens with zero attached hydrogens (tertiary/aromatic N) is 1. The predicted molar refractivity (Wildman–Crippen MR) is 63.0 cm³/mol. The number of halogens is 3. The lowest BCUT2D eigenvalue weighted by Gasteiger charge is -2.31. The molecule has 3 nitrogen and oxygen atoms in total. The Morgan fingerprint density at radius 1 is 1.44 bits per heavy atom. The van der Waals surface area contributed by atoms with Gasteiger partial charge in [-0.05, 0) is 37.8 Å². The van der Waals surface area contributed by atoms with Gasteiger partial charge < -0.3 is 11.1 Å². The average molecular weight is 259 g/mol. The summed E-state index contributed by atoms with van der Waals surface area (Å²) in [6, 6.07) is 2.56. The van der Waals surface area contributed by atoms with Crippen molar-refractivity contribution in [2.75, 3.05) is 11.9 Å². The smallest absolute Gasteiger partial charge is 0.378 e. The minimum absolute atomic E-state index is 0.343. The molecule has 1 aromatic heterocycles. The number of nitrogens with two attached hydrogens (primary N) is 1. The lowest BCUT2D eigenvalue weighted by Crippen LogP contribution is -2.44. The summed E-state index contributed by atoms with van der Waals surface area (Å²) in [7, 11) is 0. The van der Waals surface area contributed by atoms with Crippen molar-refractivity contribution < 1.29 is 13.2 Å². The van der Waals surface area contributed by atoms with Gasteiger partial charge in [0.15, 0.2) is 0 Å². The third-order valence-corrected chi connectivity index (χ3v) is 3.38. The summed E-state index contributed by atoms with van der Waals surface area (Å²) in [6.07, 6.45) is -1.12. The molecule has 1 atom stereocenters. The standard InChI is InChI=1S/C12H16F3N3/c1-11(7-16,8-2-3-8)18-9-4-5-17-10(6-9)12(13,14)15/h4-6,8H,2-3,7,16H2,1H3,(H,17,18). The van der Waals surface area contributed by atoms with Gasteiger partial charge in [-0.25, -0.2) is 0 Å². The van der Waals surface area contributed by atoms with Crippen molar-refractivity contribution in [1.29, 1.82) is 0 Å². The Morgan fingerprint density at radius 2 is 2.11 bits per heavy atom. The van der Waals surface area contributed by atoms with E-state index in [1.165, 1.54) is 6.07 Å². The van der Waals surface area contributed by atoms with E-state index >= 15 is 0 Å². The van der Waals surface area contributed by atoms with Crippen LogP contribution < -0.4 is 11.1 Å². The molecule has 0 amide bonds. The van der Waals surface area contributed by atoms with Gasteiger partial charge in [-0.1, -0.05) is 0 Å². The van der Waals surface area contributed by atoms with Crippen LogP contribution in [0, 0.1) is 5.92 Å². The molecule has 0 saturated heterocycles. The van der Waals surface area contributed by atoms with Gasteiger partial charge in [0.05, 0.1) is 0 Å². The van der Waals surface area contributed by atoms with Gasteiger partial charge in [-0.15, -0.1) is 0 Å². The lowest BCUT2D eigenvalue weighted by atomic mass is 9.95. The van der Waals surface area contributed by atoms with E-state index in [4.69, 9.17) is 5.73 Å². The first kappa shape index (κ1) is 13.1. The van der Waals surface area contributed by atoms with Crippen LogP contribution in [0.5, 0.6) is 0 Å². The van der Waals surface area contributed by atoms with Crippen molar-refractivity contribution in [3.05, 3.63) is 24.0 Å². The Hall–Kier alpha value is -1.30. The molecule has 0 spiro atoms. The van der Waals surface area contributed by atoms with Crippen LogP contribution in [0.4, 0.5) is 18.9 Å². The number of aromatic nitrogens is 1. The largest absolute Gasteiger partial charge is 0.433 e. The summed E-state index contributed by atoms with van der Waals surface area (Å²) >= 11 is 0. The predicted octanol–water partition coefficient (Wildman–Crippen LogP) is 2.64. The molecule has 0 aromatic carbocycles. The fourth-order valence-corrected chi connectivity index (χ4v) is 2.03.